The van der Waals surface area contributed by atoms with Crippen molar-refractivity contribution in [1.82, 2.24) is 10.3 Å². The van der Waals surface area contributed by atoms with Gasteiger partial charge in [0.15, 0.2) is 0 Å². The molecule has 0 saturated heterocycles. The molecule has 112 valence electrons. The van der Waals surface area contributed by atoms with Crippen LogP contribution in [0.15, 0.2) is 47.2 Å². The number of nitrogens with one attached hydrogen (secondary N) is 1. The van der Waals surface area contributed by atoms with Crippen LogP contribution in [0.3, 0.4) is 0 Å². The summed E-state index contributed by atoms with van der Waals surface area (Å²) in [6.07, 6.45) is 5.56. The lowest BCUT2D eigenvalue weighted by atomic mass is 9.92. The molecule has 2 rings (SSSR count). The predicted molar refractivity (Wildman–Crippen MR) is 93.0 cm³/mol. The molecule has 1 unspecified atom stereocenters. The topological polar surface area (TPSA) is 24.9 Å². The molecular weight excluding hydrogens is 348 g/mol. The van der Waals surface area contributed by atoms with Gasteiger partial charge in [0, 0.05) is 29.3 Å². The van der Waals surface area contributed by atoms with E-state index in [0.29, 0.717) is 5.92 Å². The van der Waals surface area contributed by atoms with Gasteiger partial charge in [-0.05, 0) is 42.6 Å². The van der Waals surface area contributed by atoms with Crippen LogP contribution >= 0.6 is 27.5 Å². The monoisotopic (exact) mass is 366 g/mol. The van der Waals surface area contributed by atoms with E-state index in [-0.39, 0.29) is 0 Å². The van der Waals surface area contributed by atoms with Crippen LogP contribution in [-0.2, 0) is 6.42 Å². The van der Waals surface area contributed by atoms with Crippen LogP contribution < -0.4 is 5.32 Å². The van der Waals surface area contributed by atoms with Crippen molar-refractivity contribution in [1.29, 1.82) is 0 Å². The highest BCUT2D eigenvalue weighted by atomic mass is 79.9. The molecule has 21 heavy (non-hydrogen) atoms. The van der Waals surface area contributed by atoms with Gasteiger partial charge in [-0.1, -0.05) is 52.7 Å². The zero-order chi connectivity index (χ0) is 15.1. The molecule has 0 aliphatic carbocycles. The van der Waals surface area contributed by atoms with Crippen molar-refractivity contribution >= 4 is 27.5 Å². The summed E-state index contributed by atoms with van der Waals surface area (Å²) in [6, 6.07) is 10.4. The molecule has 0 radical (unpaired) electrons. The van der Waals surface area contributed by atoms with Crippen LogP contribution in [0.1, 0.15) is 30.4 Å². The number of hydrogen-bond donors (Lipinski definition) is 1. The second kappa shape index (κ2) is 8.52. The second-order valence-corrected chi connectivity index (χ2v) is 6.36. The Morgan fingerprint density at radius 2 is 2.10 bits per heavy atom. The molecule has 0 fully saturated rings. The molecule has 1 heterocycles. The van der Waals surface area contributed by atoms with E-state index in [1.165, 1.54) is 5.56 Å². The summed E-state index contributed by atoms with van der Waals surface area (Å²) in [5, 5.41) is 4.26. The third-order valence-electron chi connectivity index (χ3n) is 3.49. The number of benzene rings is 1. The Bertz CT molecular complexity index is 574. The number of hydrogen-bond acceptors (Lipinski definition) is 2. The van der Waals surface area contributed by atoms with Gasteiger partial charge in [-0.25, -0.2) is 0 Å². The van der Waals surface area contributed by atoms with E-state index >= 15 is 0 Å². The van der Waals surface area contributed by atoms with Crippen LogP contribution in [-0.4, -0.2) is 18.1 Å². The van der Waals surface area contributed by atoms with Gasteiger partial charge in [-0.2, -0.15) is 0 Å². The van der Waals surface area contributed by atoms with E-state index in [2.05, 4.69) is 51.4 Å². The third kappa shape index (κ3) is 4.80. The van der Waals surface area contributed by atoms with Gasteiger partial charge < -0.3 is 5.32 Å². The summed E-state index contributed by atoms with van der Waals surface area (Å²) >= 11 is 9.93. The first-order chi connectivity index (χ1) is 10.2. The van der Waals surface area contributed by atoms with Gasteiger partial charge in [0.05, 0.1) is 5.02 Å². The molecule has 0 aliphatic heterocycles. The van der Waals surface area contributed by atoms with E-state index in [0.717, 1.165) is 41.0 Å². The van der Waals surface area contributed by atoms with E-state index < -0.39 is 0 Å². The summed E-state index contributed by atoms with van der Waals surface area (Å²) in [6.45, 7) is 4.15. The molecule has 2 nitrogen and oxygen atoms in total. The molecule has 0 saturated carbocycles. The number of nitrogens with zero attached hydrogens (tertiary/aromatic N) is 1. The molecule has 1 aromatic carbocycles. The molecular formula is C17H20BrClN2. The maximum absolute atomic E-state index is 6.26. The average Bonchev–Trinajstić information content (AvgIpc) is 2.49. The predicted octanol–water partition coefficient (Wildman–Crippen LogP) is 4.82. The fraction of sp³-hybridized carbons (Fsp3) is 0.353. The number of halogens is 2. The lowest BCUT2D eigenvalue weighted by molar-refractivity contribution is 0.575. The second-order valence-electron chi connectivity index (χ2n) is 5.09. The molecule has 1 atom stereocenters. The van der Waals surface area contributed by atoms with Crippen molar-refractivity contribution in [3.8, 4) is 0 Å². The SMILES string of the molecule is CCCNCC(Cc1ccncc1Cl)c1ccccc1Br. The summed E-state index contributed by atoms with van der Waals surface area (Å²) in [5.74, 6) is 0.382. The highest BCUT2D eigenvalue weighted by molar-refractivity contribution is 9.10. The Morgan fingerprint density at radius 1 is 1.29 bits per heavy atom. The lowest BCUT2D eigenvalue weighted by Gasteiger charge is -2.20. The van der Waals surface area contributed by atoms with Crippen molar-refractivity contribution < 1.29 is 0 Å². The summed E-state index contributed by atoms with van der Waals surface area (Å²) < 4.78 is 1.15. The van der Waals surface area contributed by atoms with E-state index in [9.17, 15) is 0 Å². The number of rotatable bonds is 7. The van der Waals surface area contributed by atoms with Crippen LogP contribution in [0.25, 0.3) is 0 Å². The van der Waals surface area contributed by atoms with E-state index in [4.69, 9.17) is 11.6 Å². The Kier molecular flexibility index (Phi) is 6.68. The zero-order valence-corrected chi connectivity index (χ0v) is 14.5. The van der Waals surface area contributed by atoms with Crippen LogP contribution in [0, 0.1) is 0 Å². The zero-order valence-electron chi connectivity index (χ0n) is 12.2. The molecule has 1 N–H and O–H groups in total. The quantitative estimate of drug-likeness (QED) is 0.709. The summed E-state index contributed by atoms with van der Waals surface area (Å²) in [4.78, 5) is 4.06. The highest BCUT2D eigenvalue weighted by Crippen LogP contribution is 2.29. The van der Waals surface area contributed by atoms with Gasteiger partial charge in [-0.15, -0.1) is 0 Å². The highest BCUT2D eigenvalue weighted by Gasteiger charge is 2.16. The van der Waals surface area contributed by atoms with Gasteiger partial charge in [0.1, 0.15) is 0 Å². The van der Waals surface area contributed by atoms with E-state index in [1.807, 2.05) is 12.1 Å². The average molecular weight is 368 g/mol. The summed E-state index contributed by atoms with van der Waals surface area (Å²) in [5.41, 5.74) is 2.46. The number of pyridine rings is 1. The van der Waals surface area contributed by atoms with Crippen molar-refractivity contribution in [3.05, 3.63) is 63.3 Å². The van der Waals surface area contributed by atoms with Crippen molar-refractivity contribution in [2.75, 3.05) is 13.1 Å². The minimum Gasteiger partial charge on any atom is -0.316 e. The maximum Gasteiger partial charge on any atom is 0.0621 e. The molecule has 0 bridgehead atoms. The molecule has 0 aliphatic rings. The van der Waals surface area contributed by atoms with Gasteiger partial charge >= 0.3 is 0 Å². The normalized spacial score (nSPS) is 12.3. The van der Waals surface area contributed by atoms with Crippen molar-refractivity contribution in [2.45, 2.75) is 25.7 Å². The molecule has 2 aromatic rings. The first-order valence-corrected chi connectivity index (χ1v) is 8.43. The van der Waals surface area contributed by atoms with Gasteiger partial charge in [0.2, 0.25) is 0 Å². The lowest BCUT2D eigenvalue weighted by Crippen LogP contribution is -2.24. The summed E-state index contributed by atoms with van der Waals surface area (Å²) in [7, 11) is 0. The fourth-order valence-electron chi connectivity index (χ4n) is 2.39. The van der Waals surface area contributed by atoms with Crippen molar-refractivity contribution in [3.63, 3.8) is 0 Å². The van der Waals surface area contributed by atoms with E-state index in [1.54, 1.807) is 12.4 Å². The Hall–Kier alpha value is -0.900. The fourth-order valence-corrected chi connectivity index (χ4v) is 3.19. The first kappa shape index (κ1) is 16.5. The molecule has 1 aromatic heterocycles. The minimum atomic E-state index is 0.382. The molecule has 0 spiro atoms. The van der Waals surface area contributed by atoms with Gasteiger partial charge in [-0.3, -0.25) is 4.98 Å². The first-order valence-electron chi connectivity index (χ1n) is 7.26. The smallest absolute Gasteiger partial charge is 0.0621 e. The standard InChI is InChI=1S/C17H20BrClN2/c1-2-8-20-11-14(15-5-3-4-6-16(15)18)10-13-7-9-21-12-17(13)19/h3-7,9,12,14,20H,2,8,10-11H2,1H3. The Labute approximate surface area is 140 Å². The Balaban J connectivity index is 2.20. The van der Waals surface area contributed by atoms with Crippen LogP contribution in [0.2, 0.25) is 5.02 Å². The largest absolute Gasteiger partial charge is 0.316 e. The van der Waals surface area contributed by atoms with Crippen LogP contribution in [0.5, 0.6) is 0 Å². The third-order valence-corrected chi connectivity index (χ3v) is 4.55. The molecule has 0 amide bonds. The molecule has 4 heteroatoms. The number of aromatic nitrogens is 1. The van der Waals surface area contributed by atoms with Crippen LogP contribution in [0.4, 0.5) is 0 Å². The van der Waals surface area contributed by atoms with Crippen molar-refractivity contribution in [2.24, 2.45) is 0 Å². The minimum absolute atomic E-state index is 0.382. The maximum atomic E-state index is 6.26. The Morgan fingerprint density at radius 3 is 2.81 bits per heavy atom. The van der Waals surface area contributed by atoms with Gasteiger partial charge in [0.25, 0.3) is 0 Å².